The zero-order valence-corrected chi connectivity index (χ0v) is 16.1. The van der Waals surface area contributed by atoms with Crippen LogP contribution < -0.4 is 10.6 Å². The third kappa shape index (κ3) is 5.62. The Balaban J connectivity index is 1.56. The number of rotatable bonds is 6. The molecule has 0 bridgehead atoms. The van der Waals surface area contributed by atoms with E-state index < -0.39 is 11.7 Å². The predicted molar refractivity (Wildman–Crippen MR) is 111 cm³/mol. The van der Waals surface area contributed by atoms with Crippen molar-refractivity contribution in [2.45, 2.75) is 13.5 Å². The lowest BCUT2D eigenvalue weighted by Crippen LogP contribution is -2.20. The molecule has 3 aromatic rings. The molecule has 0 saturated carbocycles. The van der Waals surface area contributed by atoms with Crippen molar-refractivity contribution < 1.29 is 14.0 Å². The van der Waals surface area contributed by atoms with Gasteiger partial charge in [0, 0.05) is 33.6 Å². The molecule has 0 aliphatic rings. The van der Waals surface area contributed by atoms with Gasteiger partial charge in [-0.1, -0.05) is 18.2 Å². The lowest BCUT2D eigenvalue weighted by molar-refractivity contribution is -0.116. The molecule has 142 valence electrons. The number of thiophene rings is 1. The Morgan fingerprint density at radius 2 is 1.89 bits per heavy atom. The molecule has 1 heterocycles. The highest BCUT2D eigenvalue weighted by molar-refractivity contribution is 7.12. The summed E-state index contributed by atoms with van der Waals surface area (Å²) in [5.41, 5.74) is 1.66. The first-order chi connectivity index (χ1) is 13.5. The van der Waals surface area contributed by atoms with Gasteiger partial charge in [-0.2, -0.15) is 0 Å². The van der Waals surface area contributed by atoms with Crippen molar-refractivity contribution in [1.82, 2.24) is 5.32 Å². The van der Waals surface area contributed by atoms with Gasteiger partial charge in [0.25, 0.3) is 5.91 Å². The van der Waals surface area contributed by atoms with Crippen LogP contribution in [0.1, 0.15) is 25.7 Å². The lowest BCUT2D eigenvalue weighted by atomic mass is 10.1. The molecule has 0 saturated heterocycles. The van der Waals surface area contributed by atoms with Crippen LogP contribution >= 0.6 is 11.3 Å². The number of hydrogen-bond donors (Lipinski definition) is 2. The van der Waals surface area contributed by atoms with E-state index in [0.29, 0.717) is 12.2 Å². The lowest BCUT2D eigenvalue weighted by Gasteiger charge is -2.08. The van der Waals surface area contributed by atoms with Crippen LogP contribution in [0.3, 0.4) is 0 Å². The number of benzene rings is 2. The van der Waals surface area contributed by atoms with Crippen LogP contribution in [0.2, 0.25) is 0 Å². The molecule has 0 radical (unpaired) electrons. The van der Waals surface area contributed by atoms with E-state index in [-0.39, 0.29) is 11.5 Å². The van der Waals surface area contributed by atoms with Crippen LogP contribution in [0.15, 0.2) is 66.7 Å². The Bertz CT molecular complexity index is 1030. The van der Waals surface area contributed by atoms with E-state index in [1.54, 1.807) is 41.7 Å². The van der Waals surface area contributed by atoms with Gasteiger partial charge in [0.1, 0.15) is 5.82 Å². The number of carbonyl (C=O) groups excluding carboxylic acids is 2. The maximum absolute atomic E-state index is 13.3. The van der Waals surface area contributed by atoms with Gasteiger partial charge in [0.05, 0.1) is 0 Å². The Morgan fingerprint density at radius 3 is 2.64 bits per heavy atom. The molecule has 2 N–H and O–H groups in total. The largest absolute Gasteiger partial charge is 0.348 e. The van der Waals surface area contributed by atoms with Gasteiger partial charge in [-0.05, 0) is 61.0 Å². The number of halogens is 1. The van der Waals surface area contributed by atoms with Gasteiger partial charge in [-0.15, -0.1) is 11.3 Å². The van der Waals surface area contributed by atoms with Crippen LogP contribution in [0.4, 0.5) is 10.1 Å². The van der Waals surface area contributed by atoms with Crippen molar-refractivity contribution in [2.24, 2.45) is 0 Å². The van der Waals surface area contributed by atoms with Gasteiger partial charge in [-0.25, -0.2) is 4.39 Å². The molecule has 6 heteroatoms. The summed E-state index contributed by atoms with van der Waals surface area (Å²) >= 11 is 1.62. The number of hydrogen-bond acceptors (Lipinski definition) is 3. The second kappa shape index (κ2) is 9.10. The fourth-order valence-corrected chi connectivity index (χ4v) is 3.32. The zero-order chi connectivity index (χ0) is 19.9. The van der Waals surface area contributed by atoms with Gasteiger partial charge in [0.15, 0.2) is 0 Å². The average molecular weight is 394 g/mol. The quantitative estimate of drug-likeness (QED) is 0.591. The molecule has 2 aromatic carbocycles. The summed E-state index contributed by atoms with van der Waals surface area (Å²) in [5, 5.41) is 5.54. The molecule has 0 spiro atoms. The topological polar surface area (TPSA) is 58.2 Å². The monoisotopic (exact) mass is 394 g/mol. The van der Waals surface area contributed by atoms with E-state index in [0.717, 1.165) is 10.4 Å². The SMILES string of the molecule is Cc1ccc(/C=C/C(=O)NCc2cccc(NC(=O)c3cccc(F)c3)c2)s1. The van der Waals surface area contributed by atoms with Crippen molar-refractivity contribution >= 4 is 34.9 Å². The second-order valence-corrected chi connectivity index (χ2v) is 7.48. The van der Waals surface area contributed by atoms with Crippen molar-refractivity contribution in [2.75, 3.05) is 5.32 Å². The third-order valence-electron chi connectivity index (χ3n) is 3.90. The number of aryl methyl sites for hydroxylation is 1. The molecule has 3 rings (SSSR count). The van der Waals surface area contributed by atoms with Gasteiger partial charge >= 0.3 is 0 Å². The van der Waals surface area contributed by atoms with Gasteiger partial charge in [0.2, 0.25) is 5.91 Å². The van der Waals surface area contributed by atoms with Crippen molar-refractivity contribution in [3.63, 3.8) is 0 Å². The molecule has 2 amide bonds. The summed E-state index contributed by atoms with van der Waals surface area (Å²) in [7, 11) is 0. The first kappa shape index (κ1) is 19.5. The summed E-state index contributed by atoms with van der Waals surface area (Å²) in [5.74, 6) is -1.05. The van der Waals surface area contributed by atoms with Gasteiger partial charge in [-0.3, -0.25) is 9.59 Å². The minimum Gasteiger partial charge on any atom is -0.348 e. The Kier molecular flexibility index (Phi) is 6.34. The second-order valence-electron chi connectivity index (χ2n) is 6.16. The standard InChI is InChI=1S/C22H19FN2O2S/c1-15-8-9-20(28-15)10-11-21(26)24-14-16-4-2-7-19(12-16)25-22(27)17-5-3-6-18(23)13-17/h2-13H,14H2,1H3,(H,24,26)(H,25,27)/b11-10+. The Morgan fingerprint density at radius 1 is 1.07 bits per heavy atom. The zero-order valence-electron chi connectivity index (χ0n) is 15.2. The number of carbonyl (C=O) groups is 2. The minimum atomic E-state index is -0.463. The summed E-state index contributed by atoms with van der Waals surface area (Å²) in [6.07, 6.45) is 3.28. The summed E-state index contributed by atoms with van der Waals surface area (Å²) < 4.78 is 13.3. The van der Waals surface area contributed by atoms with E-state index in [4.69, 9.17) is 0 Å². The fourth-order valence-electron chi connectivity index (χ4n) is 2.54. The molecule has 0 fully saturated rings. The molecule has 0 aliphatic carbocycles. The van der Waals surface area contributed by atoms with Crippen molar-refractivity contribution in [3.8, 4) is 0 Å². The van der Waals surface area contributed by atoms with E-state index in [9.17, 15) is 14.0 Å². The van der Waals surface area contributed by atoms with E-state index in [1.165, 1.54) is 29.2 Å². The maximum Gasteiger partial charge on any atom is 0.255 e. The van der Waals surface area contributed by atoms with Crippen molar-refractivity contribution in [3.05, 3.63) is 93.4 Å². The predicted octanol–water partition coefficient (Wildman–Crippen LogP) is 4.78. The summed E-state index contributed by atoms with van der Waals surface area (Å²) in [6, 6.07) is 16.6. The highest BCUT2D eigenvalue weighted by atomic mass is 32.1. The molecular weight excluding hydrogens is 375 g/mol. The van der Waals surface area contributed by atoms with Crippen LogP contribution in [0, 0.1) is 12.7 Å². The van der Waals surface area contributed by atoms with Crippen LogP contribution in [-0.2, 0) is 11.3 Å². The molecule has 28 heavy (non-hydrogen) atoms. The highest BCUT2D eigenvalue weighted by Crippen LogP contribution is 2.16. The van der Waals surface area contributed by atoms with Crippen LogP contribution in [-0.4, -0.2) is 11.8 Å². The van der Waals surface area contributed by atoms with Crippen LogP contribution in [0.25, 0.3) is 6.08 Å². The molecule has 1 aromatic heterocycles. The van der Waals surface area contributed by atoms with E-state index in [2.05, 4.69) is 10.6 Å². The van der Waals surface area contributed by atoms with Gasteiger partial charge < -0.3 is 10.6 Å². The highest BCUT2D eigenvalue weighted by Gasteiger charge is 2.07. The normalized spacial score (nSPS) is 10.8. The minimum absolute atomic E-state index is 0.194. The van der Waals surface area contributed by atoms with E-state index >= 15 is 0 Å². The molecule has 0 aliphatic heterocycles. The molecule has 0 unspecified atom stereocenters. The first-order valence-electron chi connectivity index (χ1n) is 8.68. The number of anilines is 1. The third-order valence-corrected chi connectivity index (χ3v) is 4.86. The van der Waals surface area contributed by atoms with E-state index in [1.807, 2.05) is 25.1 Å². The molecule has 0 atom stereocenters. The van der Waals surface area contributed by atoms with Crippen molar-refractivity contribution in [1.29, 1.82) is 0 Å². The summed E-state index contributed by atoms with van der Waals surface area (Å²) in [4.78, 5) is 26.4. The summed E-state index contributed by atoms with van der Waals surface area (Å²) in [6.45, 7) is 2.35. The maximum atomic E-state index is 13.3. The molecule has 4 nitrogen and oxygen atoms in total. The Labute approximate surface area is 166 Å². The first-order valence-corrected chi connectivity index (χ1v) is 9.49. The fraction of sp³-hybridized carbons (Fsp3) is 0.0909. The average Bonchev–Trinajstić information content (AvgIpc) is 3.10. The van der Waals surface area contributed by atoms with Crippen LogP contribution in [0.5, 0.6) is 0 Å². The number of nitrogens with one attached hydrogen (secondary N) is 2. The Hall–Kier alpha value is -3.25. The molecular formula is C22H19FN2O2S. The number of amides is 2. The smallest absolute Gasteiger partial charge is 0.255 e.